The van der Waals surface area contributed by atoms with Crippen LogP contribution in [0.2, 0.25) is 0 Å². The highest BCUT2D eigenvalue weighted by Gasteiger charge is 2.19. The van der Waals surface area contributed by atoms with Gasteiger partial charge in [-0.1, -0.05) is 33.6 Å². The first kappa shape index (κ1) is 20.5. The van der Waals surface area contributed by atoms with E-state index in [1.165, 1.54) is 6.07 Å². The summed E-state index contributed by atoms with van der Waals surface area (Å²) in [6.07, 6.45) is 2.24. The van der Waals surface area contributed by atoms with Gasteiger partial charge in [-0.05, 0) is 30.0 Å². The molecule has 27 heavy (non-hydrogen) atoms. The quantitative estimate of drug-likeness (QED) is 0.665. The molecule has 0 saturated heterocycles. The first-order chi connectivity index (χ1) is 12.8. The molecule has 0 aliphatic rings. The SMILES string of the molecule is CCCc1cc(=O)oc2cc(OCC(=O)N[C@H](C(=O)[O-])[C@@H](C)CC)ccc12. The molecule has 2 rings (SSSR count). The minimum atomic E-state index is -1.33. The highest BCUT2D eigenvalue weighted by Crippen LogP contribution is 2.23. The standard InChI is InChI=1S/C20H25NO6/c1-4-6-13-9-18(23)27-16-10-14(7-8-15(13)16)26-11-17(22)21-19(20(24)25)12(3)5-2/h7-10,12,19H,4-6,11H2,1-3H3,(H,21,22)(H,24,25)/p-1/t12-,19-/m0/s1. The van der Waals surface area contributed by atoms with Crippen LogP contribution in [0, 0.1) is 5.92 Å². The Hall–Kier alpha value is -2.83. The number of aryl methyl sites for hydroxylation is 1. The third-order valence-corrected chi connectivity index (χ3v) is 4.47. The molecule has 0 aliphatic carbocycles. The van der Waals surface area contributed by atoms with E-state index in [1.807, 2.05) is 13.8 Å². The molecule has 2 atom stereocenters. The normalized spacial score (nSPS) is 13.1. The number of benzene rings is 1. The van der Waals surface area contributed by atoms with Crippen molar-refractivity contribution in [2.24, 2.45) is 5.92 Å². The molecule has 1 amide bonds. The van der Waals surface area contributed by atoms with Crippen molar-refractivity contribution in [3.05, 3.63) is 40.2 Å². The van der Waals surface area contributed by atoms with Gasteiger partial charge in [-0.25, -0.2) is 4.79 Å². The third kappa shape index (κ3) is 5.32. The molecule has 1 N–H and O–H groups in total. The number of carbonyl (C=O) groups excluding carboxylic acids is 2. The van der Waals surface area contributed by atoms with E-state index in [4.69, 9.17) is 9.15 Å². The van der Waals surface area contributed by atoms with Crippen LogP contribution in [-0.2, 0) is 16.0 Å². The molecular formula is C20H24NO6-. The molecule has 1 aromatic heterocycles. The van der Waals surface area contributed by atoms with Crippen LogP contribution in [0.25, 0.3) is 11.0 Å². The number of rotatable bonds is 9. The molecule has 0 unspecified atom stereocenters. The topological polar surface area (TPSA) is 109 Å². The Morgan fingerprint density at radius 1 is 1.26 bits per heavy atom. The molecule has 0 fully saturated rings. The number of ether oxygens (including phenoxy) is 1. The summed E-state index contributed by atoms with van der Waals surface area (Å²) in [5, 5.41) is 14.4. The molecule has 2 aromatic rings. The predicted octanol–water partition coefficient (Wildman–Crippen LogP) is 1.41. The number of carboxylic acid groups (broad SMARTS) is 1. The van der Waals surface area contributed by atoms with Gasteiger partial charge in [0.15, 0.2) is 6.61 Å². The second-order valence-electron chi connectivity index (χ2n) is 6.54. The average molecular weight is 374 g/mol. The third-order valence-electron chi connectivity index (χ3n) is 4.47. The van der Waals surface area contributed by atoms with Crippen LogP contribution in [0.3, 0.4) is 0 Å². The number of nitrogens with one attached hydrogen (secondary N) is 1. The maximum absolute atomic E-state index is 12.0. The van der Waals surface area contributed by atoms with E-state index in [-0.39, 0.29) is 12.5 Å². The minimum Gasteiger partial charge on any atom is -0.548 e. The van der Waals surface area contributed by atoms with Crippen molar-refractivity contribution in [2.45, 2.75) is 46.1 Å². The fourth-order valence-electron chi connectivity index (χ4n) is 2.81. The van der Waals surface area contributed by atoms with Crippen LogP contribution in [-0.4, -0.2) is 24.5 Å². The van der Waals surface area contributed by atoms with Gasteiger partial charge in [-0.2, -0.15) is 0 Å². The predicted molar refractivity (Wildman–Crippen MR) is 98.4 cm³/mol. The van der Waals surface area contributed by atoms with Gasteiger partial charge in [0.1, 0.15) is 11.3 Å². The molecule has 7 heteroatoms. The molecule has 0 bridgehead atoms. The van der Waals surface area contributed by atoms with Crippen LogP contribution in [0.1, 0.15) is 39.2 Å². The highest BCUT2D eigenvalue weighted by atomic mass is 16.5. The Labute approximate surface area is 157 Å². The van der Waals surface area contributed by atoms with Crippen LogP contribution >= 0.6 is 0 Å². The minimum absolute atomic E-state index is 0.258. The lowest BCUT2D eigenvalue weighted by Gasteiger charge is -2.25. The summed E-state index contributed by atoms with van der Waals surface area (Å²) < 4.78 is 10.6. The summed E-state index contributed by atoms with van der Waals surface area (Å²) in [7, 11) is 0. The molecule has 0 radical (unpaired) electrons. The lowest BCUT2D eigenvalue weighted by Crippen LogP contribution is -2.52. The fraction of sp³-hybridized carbons (Fsp3) is 0.450. The van der Waals surface area contributed by atoms with Crippen LogP contribution in [0.15, 0.2) is 33.5 Å². The fourth-order valence-corrected chi connectivity index (χ4v) is 2.81. The first-order valence-corrected chi connectivity index (χ1v) is 9.05. The summed E-state index contributed by atoms with van der Waals surface area (Å²) in [5.74, 6) is -1.80. The Morgan fingerprint density at radius 3 is 2.63 bits per heavy atom. The van der Waals surface area contributed by atoms with Gasteiger partial charge in [0.2, 0.25) is 0 Å². The van der Waals surface area contributed by atoms with Gasteiger partial charge in [0.05, 0.1) is 12.0 Å². The Kier molecular flexibility index (Phi) is 6.98. The number of hydrogen-bond acceptors (Lipinski definition) is 6. The van der Waals surface area contributed by atoms with Gasteiger partial charge < -0.3 is 24.4 Å². The van der Waals surface area contributed by atoms with Crippen LogP contribution < -0.4 is 20.8 Å². The van der Waals surface area contributed by atoms with E-state index in [0.29, 0.717) is 17.8 Å². The molecular weight excluding hydrogens is 350 g/mol. The average Bonchev–Trinajstić information content (AvgIpc) is 2.63. The van der Waals surface area contributed by atoms with Crippen LogP contribution in [0.4, 0.5) is 0 Å². The maximum atomic E-state index is 12.0. The Bertz CT molecular complexity index is 872. The zero-order valence-corrected chi connectivity index (χ0v) is 15.7. The van der Waals surface area contributed by atoms with E-state index in [2.05, 4.69) is 5.32 Å². The molecule has 1 aromatic carbocycles. The van der Waals surface area contributed by atoms with Gasteiger partial charge in [0, 0.05) is 17.5 Å². The van der Waals surface area contributed by atoms with Crippen molar-refractivity contribution in [1.29, 1.82) is 0 Å². The van der Waals surface area contributed by atoms with E-state index < -0.39 is 23.5 Å². The monoisotopic (exact) mass is 374 g/mol. The van der Waals surface area contributed by atoms with Crippen LogP contribution in [0.5, 0.6) is 5.75 Å². The van der Waals surface area contributed by atoms with Crippen molar-refractivity contribution in [2.75, 3.05) is 6.61 Å². The summed E-state index contributed by atoms with van der Waals surface area (Å²) in [5.41, 5.74) is 0.848. The lowest BCUT2D eigenvalue weighted by molar-refractivity contribution is -0.309. The summed E-state index contributed by atoms with van der Waals surface area (Å²) in [6.45, 7) is 5.22. The lowest BCUT2D eigenvalue weighted by atomic mass is 9.99. The molecule has 1 heterocycles. The number of carboxylic acids is 1. The number of hydrogen-bond donors (Lipinski definition) is 1. The van der Waals surface area contributed by atoms with Gasteiger partial charge in [-0.3, -0.25) is 4.79 Å². The molecule has 0 aliphatic heterocycles. The van der Waals surface area contributed by atoms with Crippen molar-refractivity contribution in [3.63, 3.8) is 0 Å². The Balaban J connectivity index is 2.09. The highest BCUT2D eigenvalue weighted by molar-refractivity contribution is 5.84. The van der Waals surface area contributed by atoms with Crippen molar-refractivity contribution in [3.8, 4) is 5.75 Å². The second-order valence-corrected chi connectivity index (χ2v) is 6.54. The summed E-state index contributed by atoms with van der Waals surface area (Å²) >= 11 is 0. The van der Waals surface area contributed by atoms with Crippen molar-refractivity contribution < 1.29 is 23.8 Å². The molecule has 7 nitrogen and oxygen atoms in total. The first-order valence-electron chi connectivity index (χ1n) is 9.05. The smallest absolute Gasteiger partial charge is 0.336 e. The van der Waals surface area contributed by atoms with Crippen molar-refractivity contribution >= 4 is 22.8 Å². The number of fused-ring (bicyclic) bond motifs is 1. The van der Waals surface area contributed by atoms with Gasteiger partial charge in [0.25, 0.3) is 5.91 Å². The number of amides is 1. The van der Waals surface area contributed by atoms with Gasteiger partial charge >= 0.3 is 5.63 Å². The van der Waals surface area contributed by atoms with Gasteiger partial charge in [-0.15, -0.1) is 0 Å². The zero-order chi connectivity index (χ0) is 20.0. The molecule has 0 spiro atoms. The van der Waals surface area contributed by atoms with E-state index in [0.717, 1.165) is 23.8 Å². The summed E-state index contributed by atoms with van der Waals surface area (Å²) in [6, 6.07) is 5.42. The van der Waals surface area contributed by atoms with E-state index in [1.54, 1.807) is 25.1 Å². The zero-order valence-electron chi connectivity index (χ0n) is 15.7. The Morgan fingerprint density at radius 2 is 2.00 bits per heavy atom. The van der Waals surface area contributed by atoms with E-state index in [9.17, 15) is 19.5 Å². The number of aliphatic carboxylic acids is 1. The summed E-state index contributed by atoms with van der Waals surface area (Å²) in [4.78, 5) is 34.9. The maximum Gasteiger partial charge on any atom is 0.336 e. The largest absolute Gasteiger partial charge is 0.548 e. The van der Waals surface area contributed by atoms with E-state index >= 15 is 0 Å². The van der Waals surface area contributed by atoms with Crippen molar-refractivity contribution in [1.82, 2.24) is 5.32 Å². The second kappa shape index (κ2) is 9.21. The molecule has 0 saturated carbocycles. The molecule has 146 valence electrons. The number of carbonyl (C=O) groups is 2.